The maximum absolute atomic E-state index is 11.7. The van der Waals surface area contributed by atoms with Crippen molar-refractivity contribution in [2.75, 3.05) is 5.32 Å². The fraction of sp³-hybridized carbons (Fsp3) is 0.0667. The Bertz CT molecular complexity index is 703. The molecule has 114 valence electrons. The van der Waals surface area contributed by atoms with Crippen LogP contribution in [0.4, 0.5) is 5.69 Å². The molecule has 2 aromatic carbocycles. The topological polar surface area (TPSA) is 61.7 Å². The number of amides is 1. The van der Waals surface area contributed by atoms with Crippen LogP contribution in [0.5, 0.6) is 0 Å². The van der Waals surface area contributed by atoms with Gasteiger partial charge >= 0.3 is 0 Å². The van der Waals surface area contributed by atoms with E-state index in [-0.39, 0.29) is 5.71 Å². The number of benzene rings is 2. The Labute approximate surface area is 142 Å². The highest BCUT2D eigenvalue weighted by Gasteiger charge is 2.17. The molecule has 0 atom stereocenters. The van der Waals surface area contributed by atoms with Crippen LogP contribution in [0.25, 0.3) is 0 Å². The predicted octanol–water partition coefficient (Wildman–Crippen LogP) is 4.31. The molecule has 4 nitrogen and oxygen atoms in total. The van der Waals surface area contributed by atoms with Crippen LogP contribution in [0.1, 0.15) is 11.1 Å². The Morgan fingerprint density at radius 3 is 2.41 bits per heavy atom. The highest BCUT2D eigenvalue weighted by Crippen LogP contribution is 2.25. The van der Waals surface area contributed by atoms with Gasteiger partial charge in [0, 0.05) is 16.1 Å². The second-order valence-electron chi connectivity index (χ2n) is 4.29. The molecule has 2 N–H and O–H groups in total. The van der Waals surface area contributed by atoms with Gasteiger partial charge in [-0.3, -0.25) is 4.79 Å². The summed E-state index contributed by atoms with van der Waals surface area (Å²) in [7, 11) is 0. The Morgan fingerprint density at radius 1 is 1.14 bits per heavy atom. The number of rotatable bonds is 4. The molecule has 0 radical (unpaired) electrons. The fourth-order valence-corrected chi connectivity index (χ4v) is 2.15. The van der Waals surface area contributed by atoms with Crippen LogP contribution < -0.4 is 5.32 Å². The molecule has 2 rings (SSSR count). The summed E-state index contributed by atoms with van der Waals surface area (Å²) in [6.07, 6.45) is 0. The predicted molar refractivity (Wildman–Crippen MR) is 89.4 cm³/mol. The van der Waals surface area contributed by atoms with Gasteiger partial charge in [-0.1, -0.05) is 70.3 Å². The largest absolute Gasteiger partial charge is 0.410 e. The molecule has 0 aliphatic rings. The summed E-state index contributed by atoms with van der Waals surface area (Å²) >= 11 is 17.1. The molecular formula is C15H11Cl3N2O2. The summed E-state index contributed by atoms with van der Waals surface area (Å²) in [4.78, 5) is 10.5. The molecule has 22 heavy (non-hydrogen) atoms. The van der Waals surface area contributed by atoms with E-state index in [1.807, 2.05) is 6.07 Å². The minimum Gasteiger partial charge on any atom is -0.410 e. The molecule has 0 unspecified atom stereocenters. The van der Waals surface area contributed by atoms with Gasteiger partial charge in [0.25, 0.3) is 5.91 Å². The lowest BCUT2D eigenvalue weighted by molar-refractivity contribution is -0.114. The van der Waals surface area contributed by atoms with E-state index in [1.165, 1.54) is 0 Å². The first-order chi connectivity index (χ1) is 10.5. The van der Waals surface area contributed by atoms with E-state index in [4.69, 9.17) is 34.8 Å². The van der Waals surface area contributed by atoms with Gasteiger partial charge in [0.05, 0.1) is 5.69 Å². The molecule has 7 heteroatoms. The van der Waals surface area contributed by atoms with E-state index < -0.39 is 10.7 Å². The van der Waals surface area contributed by atoms with Gasteiger partial charge in [-0.25, -0.2) is 0 Å². The summed E-state index contributed by atoms with van der Waals surface area (Å²) in [5.41, 5.74) is 1.76. The van der Waals surface area contributed by atoms with Crippen molar-refractivity contribution >= 4 is 52.1 Å². The van der Waals surface area contributed by atoms with Crippen molar-refractivity contribution in [2.45, 2.75) is 4.84 Å². The van der Waals surface area contributed by atoms with Crippen molar-refractivity contribution in [3.63, 3.8) is 0 Å². The van der Waals surface area contributed by atoms with Gasteiger partial charge in [0.15, 0.2) is 4.84 Å². The third-order valence-electron chi connectivity index (χ3n) is 2.84. The molecule has 0 heterocycles. The Morgan fingerprint density at radius 2 is 1.82 bits per heavy atom. The van der Waals surface area contributed by atoms with E-state index in [1.54, 1.807) is 42.5 Å². The summed E-state index contributed by atoms with van der Waals surface area (Å²) in [5, 5.41) is 15.7. The quantitative estimate of drug-likeness (QED) is 0.371. The number of carbonyl (C=O) groups is 1. The molecule has 0 saturated carbocycles. The van der Waals surface area contributed by atoms with E-state index in [0.29, 0.717) is 21.8 Å². The van der Waals surface area contributed by atoms with E-state index >= 15 is 0 Å². The molecular weight excluding hydrogens is 347 g/mol. The highest BCUT2D eigenvalue weighted by atomic mass is 35.5. The molecule has 0 bridgehead atoms. The number of carbonyl (C=O) groups excluding carboxylic acids is 1. The second kappa shape index (κ2) is 7.49. The van der Waals surface area contributed by atoms with Crippen molar-refractivity contribution in [3.8, 4) is 0 Å². The van der Waals surface area contributed by atoms with Crippen molar-refractivity contribution in [3.05, 3.63) is 64.7 Å². The van der Waals surface area contributed by atoms with Crippen molar-refractivity contribution in [1.29, 1.82) is 0 Å². The summed E-state index contributed by atoms with van der Waals surface area (Å²) < 4.78 is 0. The van der Waals surface area contributed by atoms with Gasteiger partial charge in [0.2, 0.25) is 0 Å². The average molecular weight is 358 g/mol. The van der Waals surface area contributed by atoms with Crippen LogP contribution in [-0.2, 0) is 4.79 Å². The first-order valence-electron chi connectivity index (χ1n) is 6.19. The van der Waals surface area contributed by atoms with E-state index in [0.717, 1.165) is 0 Å². The minimum absolute atomic E-state index is 0.263. The normalized spacial score (nSPS) is 11.5. The summed E-state index contributed by atoms with van der Waals surface area (Å²) in [5.74, 6) is -0.586. The zero-order valence-corrected chi connectivity index (χ0v) is 13.4. The third kappa shape index (κ3) is 3.91. The number of oxime groups is 1. The minimum atomic E-state index is -1.21. The number of halogens is 3. The number of nitrogens with zero attached hydrogens (tertiary/aromatic N) is 1. The van der Waals surface area contributed by atoms with Crippen molar-refractivity contribution in [2.24, 2.45) is 5.16 Å². The van der Waals surface area contributed by atoms with Crippen LogP contribution in [0.2, 0.25) is 5.02 Å². The summed E-state index contributed by atoms with van der Waals surface area (Å²) in [6, 6.07) is 13.7. The van der Waals surface area contributed by atoms with Crippen LogP contribution >= 0.6 is 34.8 Å². The van der Waals surface area contributed by atoms with Gasteiger partial charge in [-0.05, 0) is 18.2 Å². The maximum Gasteiger partial charge on any atom is 0.257 e. The lowest BCUT2D eigenvalue weighted by Gasteiger charge is -2.13. The Kier molecular flexibility index (Phi) is 5.66. The SMILES string of the molecule is O=C(Nc1ccc(Cl)cc1/C(=N/O)c1ccccc1)C(Cl)Cl. The van der Waals surface area contributed by atoms with Crippen LogP contribution in [-0.4, -0.2) is 21.7 Å². The number of hydrogen-bond acceptors (Lipinski definition) is 3. The molecule has 0 fully saturated rings. The first kappa shape index (κ1) is 16.6. The van der Waals surface area contributed by atoms with Gasteiger partial charge in [-0.2, -0.15) is 0 Å². The number of anilines is 1. The van der Waals surface area contributed by atoms with Crippen LogP contribution in [0, 0.1) is 0 Å². The van der Waals surface area contributed by atoms with Crippen LogP contribution in [0.15, 0.2) is 53.7 Å². The molecule has 2 aromatic rings. The Balaban J connectivity index is 2.49. The molecule has 1 amide bonds. The fourth-order valence-electron chi connectivity index (χ4n) is 1.87. The lowest BCUT2D eigenvalue weighted by Crippen LogP contribution is -2.20. The first-order valence-corrected chi connectivity index (χ1v) is 7.44. The van der Waals surface area contributed by atoms with Gasteiger partial charge in [-0.15, -0.1) is 0 Å². The smallest absolute Gasteiger partial charge is 0.257 e. The number of alkyl halides is 2. The Hall–Kier alpha value is -1.75. The van der Waals surface area contributed by atoms with Crippen LogP contribution in [0.3, 0.4) is 0 Å². The standard InChI is InChI=1S/C15H11Cl3N2O2/c16-10-6-7-12(19-15(21)14(17)18)11(8-10)13(20-22)9-4-2-1-3-5-9/h1-8,14,22H,(H,19,21)/b20-13+. The zero-order valence-electron chi connectivity index (χ0n) is 11.1. The highest BCUT2D eigenvalue weighted by molar-refractivity contribution is 6.54. The third-order valence-corrected chi connectivity index (χ3v) is 3.47. The molecule has 0 spiro atoms. The van der Waals surface area contributed by atoms with E-state index in [2.05, 4.69) is 10.5 Å². The van der Waals surface area contributed by atoms with Crippen molar-refractivity contribution in [1.82, 2.24) is 0 Å². The summed E-state index contributed by atoms with van der Waals surface area (Å²) in [6.45, 7) is 0. The van der Waals surface area contributed by atoms with E-state index in [9.17, 15) is 10.0 Å². The molecule has 0 aliphatic heterocycles. The molecule has 0 aromatic heterocycles. The van der Waals surface area contributed by atoms with Crippen molar-refractivity contribution < 1.29 is 10.0 Å². The molecule has 0 aliphatic carbocycles. The average Bonchev–Trinajstić information content (AvgIpc) is 2.51. The van der Waals surface area contributed by atoms with Gasteiger partial charge < -0.3 is 10.5 Å². The zero-order chi connectivity index (χ0) is 16.1. The van der Waals surface area contributed by atoms with Gasteiger partial charge in [0.1, 0.15) is 5.71 Å². The number of nitrogens with one attached hydrogen (secondary N) is 1. The second-order valence-corrected chi connectivity index (χ2v) is 5.83. The molecule has 0 saturated heterocycles. The monoisotopic (exact) mass is 356 g/mol. The lowest BCUT2D eigenvalue weighted by atomic mass is 10.0. The maximum atomic E-state index is 11.7. The number of hydrogen-bond donors (Lipinski definition) is 2.